The molecular weight excluding hydrogens is 330 g/mol. The Kier molecular flexibility index (Phi) is 6.33. The third-order valence-corrected chi connectivity index (χ3v) is 3.36. The van der Waals surface area contributed by atoms with Crippen LogP contribution in [0.4, 0.5) is 0 Å². The summed E-state index contributed by atoms with van der Waals surface area (Å²) in [4.78, 5) is 23.5. The number of amides is 2. The number of carbonyl (C=O) groups excluding carboxylic acids is 2. The molecule has 0 radical (unpaired) electrons. The quantitative estimate of drug-likeness (QED) is 0.554. The van der Waals surface area contributed by atoms with Crippen LogP contribution >= 0.6 is 11.6 Å². The largest absolute Gasteiger partial charge is 0.508 e. The summed E-state index contributed by atoms with van der Waals surface area (Å²) in [6, 6.07) is 13.1. The number of nitrogens with zero attached hydrogens (tertiary/aromatic N) is 1. The summed E-state index contributed by atoms with van der Waals surface area (Å²) in [7, 11) is 0. The van der Waals surface area contributed by atoms with Crippen LogP contribution in [0.5, 0.6) is 5.75 Å². The van der Waals surface area contributed by atoms with Gasteiger partial charge in [-0.1, -0.05) is 35.9 Å². The van der Waals surface area contributed by atoms with Crippen LogP contribution in [0.25, 0.3) is 0 Å². The summed E-state index contributed by atoms with van der Waals surface area (Å²) in [5.74, 6) is -0.560. The monoisotopic (exact) mass is 345 g/mol. The van der Waals surface area contributed by atoms with Gasteiger partial charge in [0.25, 0.3) is 5.91 Å². The highest BCUT2D eigenvalue weighted by atomic mass is 35.5. The predicted octanol–water partition coefficient (Wildman–Crippen LogP) is 2.32. The second-order valence-corrected chi connectivity index (χ2v) is 5.28. The molecule has 3 N–H and O–H groups in total. The van der Waals surface area contributed by atoms with Crippen LogP contribution in [0.1, 0.15) is 22.3 Å². The van der Waals surface area contributed by atoms with Gasteiger partial charge < -0.3 is 10.4 Å². The zero-order chi connectivity index (χ0) is 17.4. The number of hydrazone groups is 1. The number of hydrogen-bond acceptors (Lipinski definition) is 4. The predicted molar refractivity (Wildman–Crippen MR) is 92.2 cm³/mol. The lowest BCUT2D eigenvalue weighted by Crippen LogP contribution is -2.29. The van der Waals surface area contributed by atoms with Crippen LogP contribution in [0, 0.1) is 0 Å². The van der Waals surface area contributed by atoms with E-state index in [1.54, 1.807) is 36.4 Å². The van der Waals surface area contributed by atoms with E-state index in [-0.39, 0.29) is 30.5 Å². The highest BCUT2D eigenvalue weighted by Gasteiger charge is 2.09. The lowest BCUT2D eigenvalue weighted by molar-refractivity contribution is -0.120. The van der Waals surface area contributed by atoms with Crippen molar-refractivity contribution >= 4 is 29.6 Å². The lowest BCUT2D eigenvalue weighted by Gasteiger charge is -2.06. The first-order valence-corrected chi connectivity index (χ1v) is 7.58. The van der Waals surface area contributed by atoms with Crippen molar-refractivity contribution in [3.05, 3.63) is 64.7 Å². The maximum atomic E-state index is 11.9. The van der Waals surface area contributed by atoms with Crippen molar-refractivity contribution in [3.8, 4) is 5.75 Å². The summed E-state index contributed by atoms with van der Waals surface area (Å²) in [6.45, 7) is 0.164. The molecule has 0 unspecified atom stereocenters. The molecule has 0 aliphatic heterocycles. The molecule has 0 atom stereocenters. The molecular formula is C17H16ClN3O3. The van der Waals surface area contributed by atoms with Crippen molar-refractivity contribution in [1.82, 2.24) is 10.7 Å². The molecule has 0 aliphatic carbocycles. The number of aromatic hydroxyl groups is 1. The van der Waals surface area contributed by atoms with Crippen LogP contribution in [0.15, 0.2) is 53.6 Å². The van der Waals surface area contributed by atoms with E-state index in [1.807, 2.05) is 0 Å². The first-order chi connectivity index (χ1) is 11.6. The Morgan fingerprint density at radius 2 is 1.96 bits per heavy atom. The minimum absolute atomic E-state index is 0.0770. The van der Waals surface area contributed by atoms with Crippen LogP contribution in [0.3, 0.4) is 0 Å². The second kappa shape index (κ2) is 8.69. The summed E-state index contributed by atoms with van der Waals surface area (Å²) < 4.78 is 0. The van der Waals surface area contributed by atoms with Crippen LogP contribution in [0.2, 0.25) is 5.02 Å². The Balaban J connectivity index is 1.73. The molecule has 7 heteroatoms. The van der Waals surface area contributed by atoms with Crippen molar-refractivity contribution in [2.75, 3.05) is 6.54 Å². The maximum absolute atomic E-state index is 11.9. The maximum Gasteiger partial charge on any atom is 0.252 e. The number of benzene rings is 2. The first-order valence-electron chi connectivity index (χ1n) is 7.20. The Hall–Kier alpha value is -2.86. The summed E-state index contributed by atoms with van der Waals surface area (Å²) in [6.07, 6.45) is 1.49. The van der Waals surface area contributed by atoms with E-state index in [1.165, 1.54) is 18.3 Å². The minimum atomic E-state index is -0.342. The van der Waals surface area contributed by atoms with Gasteiger partial charge in [-0.15, -0.1) is 0 Å². The third kappa shape index (κ3) is 5.40. The topological polar surface area (TPSA) is 90.8 Å². The number of hydrogen-bond donors (Lipinski definition) is 3. The van der Waals surface area contributed by atoms with E-state index < -0.39 is 0 Å². The Morgan fingerprint density at radius 1 is 1.17 bits per heavy atom. The molecule has 2 aromatic rings. The van der Waals surface area contributed by atoms with Crippen molar-refractivity contribution in [3.63, 3.8) is 0 Å². The van der Waals surface area contributed by atoms with Crippen LogP contribution in [-0.2, 0) is 4.79 Å². The third-order valence-electron chi connectivity index (χ3n) is 3.03. The molecule has 124 valence electrons. The number of nitrogens with one attached hydrogen (secondary N) is 2. The van der Waals surface area contributed by atoms with E-state index in [4.69, 9.17) is 11.6 Å². The molecule has 0 aliphatic rings. The van der Waals surface area contributed by atoms with Gasteiger partial charge in [0.05, 0.1) is 16.8 Å². The molecule has 2 aromatic carbocycles. The molecule has 0 heterocycles. The molecule has 24 heavy (non-hydrogen) atoms. The molecule has 0 saturated heterocycles. The first kappa shape index (κ1) is 17.5. The van der Waals surface area contributed by atoms with Gasteiger partial charge in [0.2, 0.25) is 5.91 Å². The Morgan fingerprint density at radius 3 is 2.71 bits per heavy atom. The van der Waals surface area contributed by atoms with Crippen LogP contribution in [-0.4, -0.2) is 29.7 Å². The van der Waals surface area contributed by atoms with E-state index in [9.17, 15) is 14.7 Å². The van der Waals surface area contributed by atoms with Crippen molar-refractivity contribution in [2.45, 2.75) is 6.42 Å². The van der Waals surface area contributed by atoms with Crippen molar-refractivity contribution in [1.29, 1.82) is 0 Å². The summed E-state index contributed by atoms with van der Waals surface area (Å²) in [5, 5.41) is 16.1. The zero-order valence-corrected chi connectivity index (χ0v) is 13.5. The SMILES string of the molecule is O=C(CCNC(=O)c1ccccc1Cl)NN=Cc1cccc(O)c1. The number of carbonyl (C=O) groups is 2. The fourth-order valence-electron chi connectivity index (χ4n) is 1.87. The molecule has 0 saturated carbocycles. The lowest BCUT2D eigenvalue weighted by atomic mass is 10.2. The van der Waals surface area contributed by atoms with E-state index in [0.717, 1.165) is 0 Å². The number of phenolic OH excluding ortho intramolecular Hbond substituents is 1. The molecule has 0 aromatic heterocycles. The molecule has 6 nitrogen and oxygen atoms in total. The molecule has 0 bridgehead atoms. The Bertz CT molecular complexity index is 762. The van der Waals surface area contributed by atoms with E-state index in [2.05, 4.69) is 15.8 Å². The molecule has 2 rings (SSSR count). The number of halogens is 1. The van der Waals surface area contributed by atoms with Crippen LogP contribution < -0.4 is 10.7 Å². The van der Waals surface area contributed by atoms with Gasteiger partial charge >= 0.3 is 0 Å². The summed E-state index contributed by atoms with van der Waals surface area (Å²) >= 11 is 5.92. The van der Waals surface area contributed by atoms with Gasteiger partial charge in [0.15, 0.2) is 0 Å². The van der Waals surface area contributed by atoms with Gasteiger partial charge in [0.1, 0.15) is 5.75 Å². The summed E-state index contributed by atoms with van der Waals surface area (Å²) in [5.41, 5.74) is 3.36. The normalized spacial score (nSPS) is 10.5. The molecule has 0 fully saturated rings. The average molecular weight is 346 g/mol. The highest BCUT2D eigenvalue weighted by molar-refractivity contribution is 6.33. The fraction of sp³-hybridized carbons (Fsp3) is 0.118. The standard InChI is InChI=1S/C17H16ClN3O3/c18-15-7-2-1-6-14(15)17(24)19-9-8-16(23)21-20-11-12-4-3-5-13(22)10-12/h1-7,10-11,22H,8-9H2,(H,19,24)(H,21,23). The number of rotatable bonds is 6. The fourth-order valence-corrected chi connectivity index (χ4v) is 2.09. The van der Waals surface area contributed by atoms with Gasteiger partial charge in [0, 0.05) is 13.0 Å². The minimum Gasteiger partial charge on any atom is -0.508 e. The van der Waals surface area contributed by atoms with Crippen molar-refractivity contribution < 1.29 is 14.7 Å². The van der Waals surface area contributed by atoms with Gasteiger partial charge in [-0.25, -0.2) is 5.43 Å². The molecule has 2 amide bonds. The smallest absolute Gasteiger partial charge is 0.252 e. The van der Waals surface area contributed by atoms with E-state index in [0.29, 0.717) is 16.1 Å². The van der Waals surface area contributed by atoms with Crippen molar-refractivity contribution in [2.24, 2.45) is 5.10 Å². The average Bonchev–Trinajstić information content (AvgIpc) is 2.55. The number of phenols is 1. The second-order valence-electron chi connectivity index (χ2n) is 4.87. The van der Waals surface area contributed by atoms with E-state index >= 15 is 0 Å². The van der Waals surface area contributed by atoms with Gasteiger partial charge in [-0.2, -0.15) is 5.10 Å². The highest BCUT2D eigenvalue weighted by Crippen LogP contribution is 2.14. The molecule has 0 spiro atoms. The Labute approximate surface area is 144 Å². The van der Waals surface area contributed by atoms with Gasteiger partial charge in [-0.05, 0) is 29.8 Å². The van der Waals surface area contributed by atoms with Gasteiger partial charge in [-0.3, -0.25) is 9.59 Å². The zero-order valence-electron chi connectivity index (χ0n) is 12.7.